The number of aromatic nitrogens is 1. The fraction of sp³-hybridized carbons (Fsp3) is 0.438. The molecule has 0 fully saturated rings. The van der Waals surface area contributed by atoms with Crippen LogP contribution in [0.4, 0.5) is 0 Å². The minimum absolute atomic E-state index is 0.631. The van der Waals surface area contributed by atoms with Crippen LogP contribution in [0, 0.1) is 0 Å². The van der Waals surface area contributed by atoms with Crippen molar-refractivity contribution >= 4 is 10.8 Å². The Morgan fingerprint density at radius 2 is 2.05 bits per heavy atom. The Kier molecular flexibility index (Phi) is 5.06. The fourth-order valence-corrected chi connectivity index (χ4v) is 2.31. The van der Waals surface area contributed by atoms with Gasteiger partial charge >= 0.3 is 0 Å². The molecule has 1 heterocycles. The summed E-state index contributed by atoms with van der Waals surface area (Å²) in [7, 11) is 1.68. The highest BCUT2D eigenvalue weighted by Crippen LogP contribution is 2.29. The van der Waals surface area contributed by atoms with E-state index in [0.29, 0.717) is 13.0 Å². The lowest BCUT2D eigenvalue weighted by molar-refractivity contribution is 0.0487. The zero-order chi connectivity index (χ0) is 14.4. The van der Waals surface area contributed by atoms with Gasteiger partial charge in [0.05, 0.1) is 12.2 Å². The van der Waals surface area contributed by atoms with E-state index >= 15 is 0 Å². The monoisotopic (exact) mass is 274 g/mol. The molecule has 0 spiro atoms. The van der Waals surface area contributed by atoms with Crippen LogP contribution in [0.1, 0.15) is 18.9 Å². The summed E-state index contributed by atoms with van der Waals surface area (Å²) in [6.45, 7) is 4.05. The third kappa shape index (κ3) is 3.54. The molecule has 20 heavy (non-hydrogen) atoms. The largest absolute Gasteiger partial charge is 0.385 e. The number of methoxy groups -OCH3 is 1. The van der Waals surface area contributed by atoms with Gasteiger partial charge in [-0.1, -0.05) is 24.3 Å². The normalized spacial score (nSPS) is 14.3. The van der Waals surface area contributed by atoms with Gasteiger partial charge in [0.2, 0.25) is 0 Å². The van der Waals surface area contributed by atoms with Crippen LogP contribution in [0.25, 0.3) is 10.8 Å². The molecule has 0 saturated carbocycles. The summed E-state index contributed by atoms with van der Waals surface area (Å²) < 4.78 is 4.98. The van der Waals surface area contributed by atoms with Crippen molar-refractivity contribution in [2.45, 2.75) is 18.9 Å². The summed E-state index contributed by atoms with van der Waals surface area (Å²) in [6.07, 6.45) is 4.22. The number of hydrogen-bond acceptors (Lipinski definition) is 4. The van der Waals surface area contributed by atoms with Gasteiger partial charge in [-0.05, 0) is 25.3 Å². The van der Waals surface area contributed by atoms with Crippen LogP contribution in [0.5, 0.6) is 0 Å². The lowest BCUT2D eigenvalue weighted by Crippen LogP contribution is -2.29. The third-order valence-electron chi connectivity index (χ3n) is 3.52. The van der Waals surface area contributed by atoms with Gasteiger partial charge in [-0.3, -0.25) is 4.98 Å². The molecular formula is C16H22N2O2. The Morgan fingerprint density at radius 1 is 1.25 bits per heavy atom. The van der Waals surface area contributed by atoms with Crippen LogP contribution in [0.3, 0.4) is 0 Å². The van der Waals surface area contributed by atoms with E-state index in [4.69, 9.17) is 4.74 Å². The van der Waals surface area contributed by atoms with Crippen molar-refractivity contribution in [1.82, 2.24) is 10.3 Å². The summed E-state index contributed by atoms with van der Waals surface area (Å²) in [5, 5.41) is 16.1. The van der Waals surface area contributed by atoms with Crippen molar-refractivity contribution in [3.05, 3.63) is 42.2 Å². The van der Waals surface area contributed by atoms with E-state index in [2.05, 4.69) is 10.3 Å². The van der Waals surface area contributed by atoms with Crippen molar-refractivity contribution in [2.24, 2.45) is 0 Å². The highest BCUT2D eigenvalue weighted by molar-refractivity contribution is 5.85. The predicted octanol–water partition coefficient (Wildman–Crippen LogP) is 2.07. The van der Waals surface area contributed by atoms with Crippen LogP contribution < -0.4 is 5.32 Å². The van der Waals surface area contributed by atoms with E-state index in [1.807, 2.05) is 37.4 Å². The maximum atomic E-state index is 10.7. The number of ether oxygens (including phenoxy) is 1. The zero-order valence-corrected chi connectivity index (χ0v) is 12.1. The molecule has 0 bridgehead atoms. The van der Waals surface area contributed by atoms with Crippen LogP contribution in [0.15, 0.2) is 36.7 Å². The molecule has 4 nitrogen and oxygen atoms in total. The molecule has 2 aromatic rings. The Balaban J connectivity index is 2.11. The number of aliphatic hydroxyl groups is 1. The first-order valence-corrected chi connectivity index (χ1v) is 6.90. The van der Waals surface area contributed by atoms with E-state index in [1.165, 1.54) is 0 Å². The van der Waals surface area contributed by atoms with E-state index in [1.54, 1.807) is 13.3 Å². The standard InChI is InChI=1S/C16H22N2O2/c1-16(19,7-8-17-9-10-20-2)15-12-18-11-13-5-3-4-6-14(13)15/h3-6,11-12,17,19H,7-10H2,1-2H3. The predicted molar refractivity (Wildman–Crippen MR) is 80.7 cm³/mol. The molecule has 2 rings (SSSR count). The second-order valence-electron chi connectivity index (χ2n) is 5.17. The molecule has 1 atom stereocenters. The summed E-state index contributed by atoms with van der Waals surface area (Å²) in [4.78, 5) is 4.24. The lowest BCUT2D eigenvalue weighted by atomic mass is 9.90. The summed E-state index contributed by atoms with van der Waals surface area (Å²) >= 11 is 0. The van der Waals surface area contributed by atoms with Crippen molar-refractivity contribution in [1.29, 1.82) is 0 Å². The molecule has 108 valence electrons. The summed E-state index contributed by atoms with van der Waals surface area (Å²) in [5.74, 6) is 0. The molecule has 0 aliphatic rings. The van der Waals surface area contributed by atoms with Gasteiger partial charge in [-0.2, -0.15) is 0 Å². The highest BCUT2D eigenvalue weighted by Gasteiger charge is 2.24. The fourth-order valence-electron chi connectivity index (χ4n) is 2.31. The molecule has 0 amide bonds. The van der Waals surface area contributed by atoms with E-state index in [0.717, 1.165) is 29.4 Å². The van der Waals surface area contributed by atoms with Crippen LogP contribution >= 0.6 is 0 Å². The number of pyridine rings is 1. The highest BCUT2D eigenvalue weighted by atomic mass is 16.5. The van der Waals surface area contributed by atoms with Gasteiger partial charge in [-0.15, -0.1) is 0 Å². The number of fused-ring (bicyclic) bond motifs is 1. The second kappa shape index (κ2) is 6.79. The first-order chi connectivity index (χ1) is 9.65. The molecule has 0 aliphatic heterocycles. The maximum absolute atomic E-state index is 10.7. The topological polar surface area (TPSA) is 54.4 Å². The van der Waals surface area contributed by atoms with E-state index in [9.17, 15) is 5.11 Å². The quantitative estimate of drug-likeness (QED) is 0.759. The van der Waals surface area contributed by atoms with Crippen LogP contribution in [-0.4, -0.2) is 36.9 Å². The summed E-state index contributed by atoms with van der Waals surface area (Å²) in [6, 6.07) is 8.01. The number of hydrogen-bond donors (Lipinski definition) is 2. The molecule has 4 heteroatoms. The van der Waals surface area contributed by atoms with E-state index in [-0.39, 0.29) is 0 Å². The van der Waals surface area contributed by atoms with Crippen molar-refractivity contribution < 1.29 is 9.84 Å². The molecule has 0 radical (unpaired) electrons. The molecule has 0 saturated heterocycles. The average molecular weight is 274 g/mol. The lowest BCUT2D eigenvalue weighted by Gasteiger charge is -2.25. The molecular weight excluding hydrogens is 252 g/mol. The van der Waals surface area contributed by atoms with Crippen molar-refractivity contribution in [3.63, 3.8) is 0 Å². The first-order valence-electron chi connectivity index (χ1n) is 6.90. The van der Waals surface area contributed by atoms with Gasteiger partial charge < -0.3 is 15.2 Å². The minimum atomic E-state index is -0.895. The van der Waals surface area contributed by atoms with Gasteiger partial charge in [0.1, 0.15) is 0 Å². The number of rotatable bonds is 7. The van der Waals surface area contributed by atoms with E-state index < -0.39 is 5.60 Å². The Hall–Kier alpha value is -1.49. The second-order valence-corrected chi connectivity index (χ2v) is 5.17. The van der Waals surface area contributed by atoms with Crippen molar-refractivity contribution in [2.75, 3.05) is 26.8 Å². The van der Waals surface area contributed by atoms with Crippen LogP contribution in [0.2, 0.25) is 0 Å². The van der Waals surface area contributed by atoms with Crippen molar-refractivity contribution in [3.8, 4) is 0 Å². The first kappa shape index (κ1) is 14.9. The van der Waals surface area contributed by atoms with Crippen LogP contribution in [-0.2, 0) is 10.3 Å². The summed E-state index contributed by atoms with van der Waals surface area (Å²) in [5.41, 5.74) is -0.0161. The van der Waals surface area contributed by atoms with Gasteiger partial charge in [0, 0.05) is 37.0 Å². The van der Waals surface area contributed by atoms with Gasteiger partial charge in [0.25, 0.3) is 0 Å². The Morgan fingerprint density at radius 3 is 2.85 bits per heavy atom. The van der Waals surface area contributed by atoms with Gasteiger partial charge in [0.15, 0.2) is 0 Å². The smallest absolute Gasteiger partial charge is 0.0901 e. The minimum Gasteiger partial charge on any atom is -0.385 e. The molecule has 0 aliphatic carbocycles. The average Bonchev–Trinajstić information content (AvgIpc) is 2.46. The number of nitrogens with one attached hydrogen (secondary N) is 1. The van der Waals surface area contributed by atoms with Gasteiger partial charge in [-0.25, -0.2) is 0 Å². The zero-order valence-electron chi connectivity index (χ0n) is 12.1. The number of benzene rings is 1. The molecule has 1 unspecified atom stereocenters. The SMILES string of the molecule is COCCNCCC(C)(O)c1cncc2ccccc12. The number of nitrogens with zero attached hydrogens (tertiary/aromatic N) is 1. The molecule has 1 aromatic carbocycles. The Bertz CT molecular complexity index is 550. The molecule has 2 N–H and O–H groups in total. The third-order valence-corrected chi connectivity index (χ3v) is 3.52. The Labute approximate surface area is 119 Å². The maximum Gasteiger partial charge on any atom is 0.0901 e. The molecule has 1 aromatic heterocycles.